The largest absolute Gasteiger partial charge is 0.443 e. The van der Waals surface area contributed by atoms with Crippen molar-refractivity contribution in [3.63, 3.8) is 0 Å². The summed E-state index contributed by atoms with van der Waals surface area (Å²) < 4.78 is 5.80. The van der Waals surface area contributed by atoms with E-state index in [2.05, 4.69) is 39.6 Å². The summed E-state index contributed by atoms with van der Waals surface area (Å²) in [6.45, 7) is 12.8. The van der Waals surface area contributed by atoms with Crippen LogP contribution in [0.15, 0.2) is 0 Å². The molecule has 0 aromatic heterocycles. The summed E-state index contributed by atoms with van der Waals surface area (Å²) >= 11 is 0. The number of ether oxygens (including phenoxy) is 1. The van der Waals surface area contributed by atoms with Crippen LogP contribution in [-0.4, -0.2) is 55.2 Å². The number of nitrogens with zero attached hydrogens (tertiary/aromatic N) is 2. The molecule has 1 amide bonds. The first-order chi connectivity index (χ1) is 17.5. The van der Waals surface area contributed by atoms with E-state index >= 15 is 0 Å². The highest BCUT2D eigenvalue weighted by molar-refractivity contribution is 5.69. The summed E-state index contributed by atoms with van der Waals surface area (Å²) in [6.07, 6.45) is 25.2. The maximum absolute atomic E-state index is 12.5. The minimum absolute atomic E-state index is 0.0313. The third kappa shape index (κ3) is 16.2. The lowest BCUT2D eigenvalue weighted by atomic mass is 9.91. The SMILES string of the molecule is CCCCCCC(CCCCCC)CN(C)C[C@H]1CN(CCCC(CCCC)CCCCC)C(=O)O1. The van der Waals surface area contributed by atoms with Crippen LogP contribution in [0.5, 0.6) is 0 Å². The van der Waals surface area contributed by atoms with E-state index < -0.39 is 0 Å². The molecule has 4 heteroatoms. The molecule has 4 nitrogen and oxygen atoms in total. The Hall–Kier alpha value is -0.770. The van der Waals surface area contributed by atoms with Crippen LogP contribution in [0.2, 0.25) is 0 Å². The van der Waals surface area contributed by atoms with Crippen molar-refractivity contribution in [1.29, 1.82) is 0 Å². The van der Waals surface area contributed by atoms with Crippen molar-refractivity contribution in [3.8, 4) is 0 Å². The van der Waals surface area contributed by atoms with Crippen LogP contribution in [0.4, 0.5) is 4.79 Å². The van der Waals surface area contributed by atoms with Gasteiger partial charge in [0, 0.05) is 19.6 Å². The second kappa shape index (κ2) is 22.2. The highest BCUT2D eigenvalue weighted by Crippen LogP contribution is 2.24. The molecule has 1 fully saturated rings. The van der Waals surface area contributed by atoms with Gasteiger partial charge in [0.05, 0.1) is 6.54 Å². The van der Waals surface area contributed by atoms with E-state index in [4.69, 9.17) is 4.74 Å². The Labute approximate surface area is 226 Å². The fourth-order valence-corrected chi connectivity index (χ4v) is 5.94. The van der Waals surface area contributed by atoms with Gasteiger partial charge in [-0.2, -0.15) is 0 Å². The van der Waals surface area contributed by atoms with E-state index in [-0.39, 0.29) is 12.2 Å². The Morgan fingerprint density at radius 3 is 1.83 bits per heavy atom. The fourth-order valence-electron chi connectivity index (χ4n) is 5.94. The predicted octanol–water partition coefficient (Wildman–Crippen LogP) is 9.46. The van der Waals surface area contributed by atoms with E-state index in [1.165, 1.54) is 116 Å². The highest BCUT2D eigenvalue weighted by Gasteiger charge is 2.31. The summed E-state index contributed by atoms with van der Waals surface area (Å²) in [6, 6.07) is 0. The molecule has 1 rings (SSSR count). The molecule has 1 aliphatic rings. The molecule has 0 aliphatic carbocycles. The molecule has 0 aromatic rings. The molecule has 0 spiro atoms. The molecule has 1 saturated heterocycles. The van der Waals surface area contributed by atoms with Crippen LogP contribution in [-0.2, 0) is 4.74 Å². The zero-order valence-electron chi connectivity index (χ0n) is 25.2. The van der Waals surface area contributed by atoms with Gasteiger partial charge in [-0.25, -0.2) is 4.79 Å². The maximum atomic E-state index is 12.5. The molecule has 2 atom stereocenters. The monoisotopic (exact) mass is 508 g/mol. The quantitative estimate of drug-likeness (QED) is 0.115. The summed E-state index contributed by atoms with van der Waals surface area (Å²) in [4.78, 5) is 17.0. The van der Waals surface area contributed by atoms with Crippen LogP contribution in [0.25, 0.3) is 0 Å². The molecular formula is C32H64N2O2. The van der Waals surface area contributed by atoms with Crippen LogP contribution >= 0.6 is 0 Å². The lowest BCUT2D eigenvalue weighted by Gasteiger charge is -2.26. The fraction of sp³-hybridized carbons (Fsp3) is 0.969. The van der Waals surface area contributed by atoms with E-state index in [0.717, 1.165) is 44.4 Å². The molecule has 0 N–H and O–H groups in total. The molecule has 1 unspecified atom stereocenters. The smallest absolute Gasteiger partial charge is 0.410 e. The van der Waals surface area contributed by atoms with Crippen molar-refractivity contribution < 1.29 is 9.53 Å². The van der Waals surface area contributed by atoms with Gasteiger partial charge in [0.1, 0.15) is 6.10 Å². The number of hydrogen-bond donors (Lipinski definition) is 0. The van der Waals surface area contributed by atoms with Gasteiger partial charge in [-0.1, -0.05) is 124 Å². The van der Waals surface area contributed by atoms with Gasteiger partial charge in [-0.05, 0) is 44.6 Å². The third-order valence-corrected chi connectivity index (χ3v) is 8.19. The first kappa shape index (κ1) is 33.3. The highest BCUT2D eigenvalue weighted by atomic mass is 16.6. The maximum Gasteiger partial charge on any atom is 0.410 e. The van der Waals surface area contributed by atoms with Crippen molar-refractivity contribution >= 4 is 6.09 Å². The minimum atomic E-state index is -0.0832. The summed E-state index contributed by atoms with van der Waals surface area (Å²) in [5.74, 6) is 1.62. The second-order valence-corrected chi connectivity index (χ2v) is 11.9. The van der Waals surface area contributed by atoms with E-state index in [0.29, 0.717) is 0 Å². The van der Waals surface area contributed by atoms with Crippen LogP contribution in [0, 0.1) is 11.8 Å². The van der Waals surface area contributed by atoms with E-state index in [9.17, 15) is 4.79 Å². The van der Waals surface area contributed by atoms with Crippen molar-refractivity contribution in [2.75, 3.05) is 33.2 Å². The summed E-state index contributed by atoms with van der Waals surface area (Å²) in [7, 11) is 2.23. The average Bonchev–Trinajstić information content (AvgIpc) is 3.20. The van der Waals surface area contributed by atoms with Gasteiger partial charge >= 0.3 is 6.09 Å². The number of cyclic esters (lactones) is 1. The Morgan fingerprint density at radius 1 is 0.722 bits per heavy atom. The molecule has 0 radical (unpaired) electrons. The number of unbranched alkanes of at least 4 members (excludes halogenated alkanes) is 9. The molecule has 0 saturated carbocycles. The first-order valence-corrected chi connectivity index (χ1v) is 16.2. The predicted molar refractivity (Wildman–Crippen MR) is 157 cm³/mol. The lowest BCUT2D eigenvalue weighted by molar-refractivity contribution is 0.107. The number of likely N-dealkylation sites (N-methyl/N-ethyl adjacent to an activating group) is 1. The van der Waals surface area contributed by atoms with Gasteiger partial charge in [0.15, 0.2) is 0 Å². The summed E-state index contributed by atoms with van der Waals surface area (Å²) in [5, 5.41) is 0. The van der Waals surface area contributed by atoms with Crippen molar-refractivity contribution in [3.05, 3.63) is 0 Å². The molecule has 0 aromatic carbocycles. The molecule has 0 bridgehead atoms. The van der Waals surface area contributed by atoms with Crippen molar-refractivity contribution in [2.24, 2.45) is 11.8 Å². The summed E-state index contributed by atoms with van der Waals surface area (Å²) in [5.41, 5.74) is 0. The van der Waals surface area contributed by atoms with Gasteiger partial charge < -0.3 is 14.5 Å². The van der Waals surface area contributed by atoms with Gasteiger partial charge in [0.2, 0.25) is 0 Å². The Balaban J connectivity index is 2.40. The van der Waals surface area contributed by atoms with Crippen molar-refractivity contribution in [2.45, 2.75) is 156 Å². The van der Waals surface area contributed by atoms with Crippen LogP contribution in [0.1, 0.15) is 150 Å². The molecule has 1 aliphatic heterocycles. The lowest BCUT2D eigenvalue weighted by Crippen LogP contribution is -2.35. The normalized spacial score (nSPS) is 16.9. The zero-order valence-corrected chi connectivity index (χ0v) is 25.2. The van der Waals surface area contributed by atoms with E-state index in [1.54, 1.807) is 0 Å². The molecule has 36 heavy (non-hydrogen) atoms. The number of hydrogen-bond acceptors (Lipinski definition) is 3. The number of carbonyl (C=O) groups excluding carboxylic acids is 1. The third-order valence-electron chi connectivity index (χ3n) is 8.19. The molecule has 1 heterocycles. The van der Waals surface area contributed by atoms with Crippen LogP contribution < -0.4 is 0 Å². The number of carbonyl (C=O) groups is 1. The Morgan fingerprint density at radius 2 is 1.22 bits per heavy atom. The van der Waals surface area contributed by atoms with Gasteiger partial charge in [-0.3, -0.25) is 0 Å². The number of amides is 1. The molecular weight excluding hydrogens is 444 g/mol. The van der Waals surface area contributed by atoms with E-state index in [1.807, 2.05) is 4.90 Å². The topological polar surface area (TPSA) is 32.8 Å². The van der Waals surface area contributed by atoms with Gasteiger partial charge in [-0.15, -0.1) is 0 Å². The first-order valence-electron chi connectivity index (χ1n) is 16.2. The Kier molecular flexibility index (Phi) is 20.5. The zero-order chi connectivity index (χ0) is 26.4. The van der Waals surface area contributed by atoms with Crippen molar-refractivity contribution in [1.82, 2.24) is 9.80 Å². The van der Waals surface area contributed by atoms with Gasteiger partial charge in [0.25, 0.3) is 0 Å². The standard InChI is InChI=1S/C32H64N2O2/c1-6-10-14-17-22-30(23-18-15-11-7-2)26-33(5)27-31-28-34(32(35)36-31)25-19-24-29(20-13-9-4)21-16-12-8-3/h29-31H,6-28H2,1-5H3/t29?,31-/m0/s1. The average molecular weight is 509 g/mol. The minimum Gasteiger partial charge on any atom is -0.443 e. The second-order valence-electron chi connectivity index (χ2n) is 11.9. The Bertz CT molecular complexity index is 500. The van der Waals surface area contributed by atoms with Crippen LogP contribution in [0.3, 0.4) is 0 Å². The molecule has 214 valence electrons. The number of rotatable bonds is 25.